The molecule has 1 aromatic heterocycles. The fourth-order valence-corrected chi connectivity index (χ4v) is 3.52. The van der Waals surface area contributed by atoms with Crippen LogP contribution in [-0.2, 0) is 20.1 Å². The van der Waals surface area contributed by atoms with Crippen LogP contribution in [0.2, 0.25) is 0 Å². The Hall–Kier alpha value is -1.50. The van der Waals surface area contributed by atoms with Gasteiger partial charge in [0.2, 0.25) is 0 Å². The van der Waals surface area contributed by atoms with E-state index >= 15 is 0 Å². The van der Waals surface area contributed by atoms with Crippen LogP contribution in [0.25, 0.3) is 22.0 Å². The van der Waals surface area contributed by atoms with Crippen molar-refractivity contribution < 1.29 is 20.1 Å². The first-order chi connectivity index (χ1) is 10.9. The Labute approximate surface area is 151 Å². The minimum absolute atomic E-state index is 0. The quantitative estimate of drug-likeness (QED) is 0.428. The Morgan fingerprint density at radius 3 is 2.43 bits per heavy atom. The van der Waals surface area contributed by atoms with Gasteiger partial charge in [0, 0.05) is 26.3 Å². The van der Waals surface area contributed by atoms with E-state index in [1.807, 2.05) is 6.20 Å². The van der Waals surface area contributed by atoms with E-state index < -0.39 is 0 Å². The summed E-state index contributed by atoms with van der Waals surface area (Å²) >= 11 is 0. The molecule has 1 radical (unpaired) electrons. The second-order valence-electron chi connectivity index (χ2n) is 6.29. The molecule has 23 heavy (non-hydrogen) atoms. The monoisotopic (exact) mass is 479 g/mol. The minimum Gasteiger partial charge on any atom is -0.304 e. The van der Waals surface area contributed by atoms with Gasteiger partial charge in [0.05, 0.1) is 0 Å². The molecule has 1 saturated carbocycles. The largest absolute Gasteiger partial charge is 0.304 e. The molecule has 1 aliphatic carbocycles. The van der Waals surface area contributed by atoms with Gasteiger partial charge in [-0.15, -0.1) is 35.4 Å². The third kappa shape index (κ3) is 3.54. The van der Waals surface area contributed by atoms with Crippen LogP contribution in [0.5, 0.6) is 0 Å². The van der Waals surface area contributed by atoms with Crippen molar-refractivity contribution in [2.45, 2.75) is 38.0 Å². The summed E-state index contributed by atoms with van der Waals surface area (Å²) in [5.41, 5.74) is 3.54. The maximum Gasteiger partial charge on any atom is 0.0239 e. The van der Waals surface area contributed by atoms with Crippen LogP contribution >= 0.6 is 0 Å². The molecule has 1 heterocycles. The van der Waals surface area contributed by atoms with E-state index in [1.54, 1.807) is 0 Å². The van der Waals surface area contributed by atoms with Gasteiger partial charge in [-0.05, 0) is 16.5 Å². The molecule has 119 valence electrons. The molecule has 1 nitrogen and oxygen atoms in total. The minimum atomic E-state index is 0. The van der Waals surface area contributed by atoms with Crippen LogP contribution in [0, 0.1) is 6.07 Å². The summed E-state index contributed by atoms with van der Waals surface area (Å²) in [4.78, 5) is 4.59. The zero-order chi connectivity index (χ0) is 14.8. The molecule has 0 spiro atoms. The SMILES string of the molecule is [Ir].[c-]1cc(C2CCCCC2)ccc1-c1cc2ccccc2cn1. The third-order valence-corrected chi connectivity index (χ3v) is 4.82. The van der Waals surface area contributed by atoms with Gasteiger partial charge < -0.3 is 4.98 Å². The molecule has 3 aromatic rings. The van der Waals surface area contributed by atoms with Gasteiger partial charge >= 0.3 is 0 Å². The van der Waals surface area contributed by atoms with E-state index in [1.165, 1.54) is 48.4 Å². The molecule has 4 rings (SSSR count). The zero-order valence-electron chi connectivity index (χ0n) is 13.1. The molecule has 0 bridgehead atoms. The topological polar surface area (TPSA) is 12.9 Å². The van der Waals surface area contributed by atoms with Crippen molar-refractivity contribution in [2.24, 2.45) is 0 Å². The molecule has 0 saturated heterocycles. The van der Waals surface area contributed by atoms with E-state index in [2.05, 4.69) is 59.6 Å². The van der Waals surface area contributed by atoms with Crippen molar-refractivity contribution in [3.63, 3.8) is 0 Å². The first-order valence-electron chi connectivity index (χ1n) is 8.27. The number of pyridine rings is 1. The normalized spacial score (nSPS) is 15.3. The molecule has 0 unspecified atom stereocenters. The molecular weight excluding hydrogens is 458 g/mol. The van der Waals surface area contributed by atoms with E-state index in [0.29, 0.717) is 0 Å². The van der Waals surface area contributed by atoms with Crippen molar-refractivity contribution in [3.05, 3.63) is 66.4 Å². The molecule has 1 aliphatic rings. The van der Waals surface area contributed by atoms with Crippen molar-refractivity contribution in [3.8, 4) is 11.3 Å². The summed E-state index contributed by atoms with van der Waals surface area (Å²) in [5.74, 6) is 0.739. The van der Waals surface area contributed by atoms with E-state index in [-0.39, 0.29) is 20.1 Å². The summed E-state index contributed by atoms with van der Waals surface area (Å²) in [7, 11) is 0. The average molecular weight is 479 g/mol. The Morgan fingerprint density at radius 1 is 0.913 bits per heavy atom. The smallest absolute Gasteiger partial charge is 0.0239 e. The number of nitrogens with zero attached hydrogens (tertiary/aromatic N) is 1. The molecule has 0 N–H and O–H groups in total. The molecule has 2 aromatic carbocycles. The van der Waals surface area contributed by atoms with Crippen LogP contribution in [0.1, 0.15) is 43.6 Å². The number of benzene rings is 2. The van der Waals surface area contributed by atoms with Gasteiger partial charge in [-0.2, -0.15) is 0 Å². The Kier molecular flexibility index (Phi) is 5.25. The predicted molar refractivity (Wildman–Crippen MR) is 91.8 cm³/mol. The zero-order valence-corrected chi connectivity index (χ0v) is 15.5. The average Bonchev–Trinajstić information content (AvgIpc) is 2.62. The van der Waals surface area contributed by atoms with Crippen LogP contribution in [0.4, 0.5) is 0 Å². The summed E-state index contributed by atoms with van der Waals surface area (Å²) in [6, 6.07) is 20.6. The maximum absolute atomic E-state index is 4.59. The standard InChI is InChI=1S/C21H20N.Ir/c1-2-6-16(7-3-1)17-10-12-18(13-11-17)21-14-19-8-4-5-9-20(19)15-22-21;/h4-5,8-12,14-16H,1-3,6-7H2;/q-1;. The summed E-state index contributed by atoms with van der Waals surface area (Å²) in [6.45, 7) is 0. The van der Waals surface area contributed by atoms with E-state index in [9.17, 15) is 0 Å². The van der Waals surface area contributed by atoms with Crippen molar-refractivity contribution in [2.75, 3.05) is 0 Å². The van der Waals surface area contributed by atoms with Gasteiger partial charge in [0.25, 0.3) is 0 Å². The molecular formula is C21H20IrN-. The number of hydrogen-bond donors (Lipinski definition) is 0. The second kappa shape index (κ2) is 7.38. The van der Waals surface area contributed by atoms with E-state index in [4.69, 9.17) is 0 Å². The third-order valence-electron chi connectivity index (χ3n) is 4.82. The van der Waals surface area contributed by atoms with Crippen molar-refractivity contribution in [1.82, 2.24) is 4.98 Å². The summed E-state index contributed by atoms with van der Waals surface area (Å²) < 4.78 is 0. The Bertz CT molecular complexity index is 773. The molecule has 1 fully saturated rings. The molecule has 2 heteroatoms. The van der Waals surface area contributed by atoms with Crippen LogP contribution in [0.3, 0.4) is 0 Å². The fraction of sp³-hybridized carbons (Fsp3) is 0.286. The van der Waals surface area contributed by atoms with Gasteiger partial charge in [-0.25, -0.2) is 0 Å². The van der Waals surface area contributed by atoms with Crippen LogP contribution in [0.15, 0.2) is 54.7 Å². The van der Waals surface area contributed by atoms with Crippen molar-refractivity contribution in [1.29, 1.82) is 0 Å². The summed E-state index contributed by atoms with van der Waals surface area (Å²) in [6.07, 6.45) is 8.77. The Morgan fingerprint density at radius 2 is 1.70 bits per heavy atom. The molecule has 0 amide bonds. The van der Waals surface area contributed by atoms with E-state index in [0.717, 1.165) is 17.2 Å². The van der Waals surface area contributed by atoms with Crippen molar-refractivity contribution >= 4 is 10.8 Å². The number of aromatic nitrogens is 1. The number of rotatable bonds is 2. The Balaban J connectivity index is 0.00000156. The first kappa shape index (κ1) is 16.4. The fourth-order valence-electron chi connectivity index (χ4n) is 3.52. The maximum atomic E-state index is 4.59. The van der Waals surface area contributed by atoms with Gasteiger partial charge in [0.15, 0.2) is 0 Å². The predicted octanol–water partition coefficient (Wildman–Crippen LogP) is 5.75. The van der Waals surface area contributed by atoms with Gasteiger partial charge in [0.1, 0.15) is 0 Å². The molecule has 0 aliphatic heterocycles. The molecule has 0 atom stereocenters. The first-order valence-corrected chi connectivity index (χ1v) is 8.27. The second-order valence-corrected chi connectivity index (χ2v) is 6.29. The van der Waals surface area contributed by atoms with Gasteiger partial charge in [-0.3, -0.25) is 0 Å². The summed E-state index contributed by atoms with van der Waals surface area (Å²) in [5, 5.41) is 2.42. The number of fused-ring (bicyclic) bond motifs is 1. The van der Waals surface area contributed by atoms with Crippen LogP contribution < -0.4 is 0 Å². The number of hydrogen-bond acceptors (Lipinski definition) is 1. The van der Waals surface area contributed by atoms with Crippen LogP contribution in [-0.4, -0.2) is 4.98 Å². The van der Waals surface area contributed by atoms with Gasteiger partial charge in [-0.1, -0.05) is 68.4 Å².